The van der Waals surface area contributed by atoms with Crippen molar-refractivity contribution in [1.29, 1.82) is 0 Å². The maximum atomic E-state index is 10.6. The largest absolute Gasteiger partial charge is 0.394 e. The first kappa shape index (κ1) is 26.8. The molecule has 0 radical (unpaired) electrons. The van der Waals surface area contributed by atoms with Gasteiger partial charge < -0.3 is 54.7 Å². The summed E-state index contributed by atoms with van der Waals surface area (Å²) in [6.45, 7) is 4.85. The molecule has 0 aromatic carbocycles. The molecule has 0 aromatic heterocycles. The number of hydrogen-bond donors (Lipinski definition) is 7. The van der Waals surface area contributed by atoms with Crippen molar-refractivity contribution in [3.05, 3.63) is 0 Å². The second-order valence-electron chi connectivity index (χ2n) is 8.68. The lowest BCUT2D eigenvalue weighted by Crippen LogP contribution is -2.64. The van der Waals surface area contributed by atoms with E-state index in [-0.39, 0.29) is 6.10 Å². The van der Waals surface area contributed by atoms with Gasteiger partial charge in [-0.15, -0.1) is 0 Å². The highest BCUT2D eigenvalue weighted by Gasteiger charge is 2.51. The van der Waals surface area contributed by atoms with Gasteiger partial charge in [0.1, 0.15) is 48.8 Å². The Balaban J connectivity index is 2.09. The fraction of sp³-hybridized carbons (Fsp3) is 1.00. The van der Waals surface area contributed by atoms with Gasteiger partial charge in [-0.25, -0.2) is 0 Å². The van der Waals surface area contributed by atoms with Gasteiger partial charge in [0.05, 0.1) is 19.3 Å². The van der Waals surface area contributed by atoms with E-state index in [0.29, 0.717) is 5.92 Å². The lowest BCUT2D eigenvalue weighted by Gasteiger charge is -2.46. The molecule has 2 heterocycles. The minimum absolute atomic E-state index is 0.209. The standard InChI is InChI=1S/C20H38O11/c1-4-5-10(6-9(2)3)28-19-17(27)15(25)18(12(8-22)30-19)31-20-16(26)14(24)13(23)11(7-21)29-20/h9-27H,4-8H2,1-3H3/t10?,11?,12?,13-,14?,15?,16?,17?,18-,19-,20-/m1/s1. The van der Waals surface area contributed by atoms with Crippen LogP contribution in [-0.2, 0) is 18.9 Å². The SMILES string of the molecule is CCCC(CC(C)C)O[C@@H]1OC(CO)[C@@H](O[C@H]2OC(CO)[C@@H](O)C(O)C2O)C(O)C1O. The van der Waals surface area contributed by atoms with E-state index in [2.05, 4.69) is 0 Å². The highest BCUT2D eigenvalue weighted by molar-refractivity contribution is 4.94. The Hall–Kier alpha value is -0.440. The van der Waals surface area contributed by atoms with Crippen molar-refractivity contribution in [3.8, 4) is 0 Å². The molecule has 184 valence electrons. The minimum atomic E-state index is -1.70. The molecule has 0 amide bonds. The maximum Gasteiger partial charge on any atom is 0.187 e. The van der Waals surface area contributed by atoms with Crippen molar-refractivity contribution in [2.24, 2.45) is 5.92 Å². The zero-order valence-corrected chi connectivity index (χ0v) is 18.2. The summed E-state index contributed by atoms with van der Waals surface area (Å²) in [7, 11) is 0. The average Bonchev–Trinajstić information content (AvgIpc) is 2.73. The minimum Gasteiger partial charge on any atom is -0.394 e. The Labute approximate surface area is 182 Å². The second kappa shape index (κ2) is 12.1. The van der Waals surface area contributed by atoms with Gasteiger partial charge in [0.2, 0.25) is 0 Å². The molecular weight excluding hydrogens is 416 g/mol. The van der Waals surface area contributed by atoms with Crippen LogP contribution in [0, 0.1) is 5.92 Å². The lowest BCUT2D eigenvalue weighted by molar-refractivity contribution is -0.363. The van der Waals surface area contributed by atoms with Crippen molar-refractivity contribution < 1.29 is 54.7 Å². The van der Waals surface area contributed by atoms with Crippen molar-refractivity contribution in [2.75, 3.05) is 13.2 Å². The zero-order valence-electron chi connectivity index (χ0n) is 18.2. The van der Waals surface area contributed by atoms with E-state index in [4.69, 9.17) is 18.9 Å². The van der Waals surface area contributed by atoms with Gasteiger partial charge in [0.25, 0.3) is 0 Å². The first-order valence-electron chi connectivity index (χ1n) is 10.9. The first-order valence-corrected chi connectivity index (χ1v) is 10.9. The molecule has 2 aliphatic heterocycles. The monoisotopic (exact) mass is 454 g/mol. The molecule has 31 heavy (non-hydrogen) atoms. The Morgan fingerprint density at radius 3 is 1.90 bits per heavy atom. The van der Waals surface area contributed by atoms with E-state index in [1.54, 1.807) is 0 Å². The van der Waals surface area contributed by atoms with Gasteiger partial charge in [0.15, 0.2) is 12.6 Å². The van der Waals surface area contributed by atoms with Crippen molar-refractivity contribution in [2.45, 2.75) is 108 Å². The van der Waals surface area contributed by atoms with E-state index < -0.39 is 74.6 Å². The fourth-order valence-electron chi connectivity index (χ4n) is 3.95. The Morgan fingerprint density at radius 1 is 0.774 bits per heavy atom. The van der Waals surface area contributed by atoms with Gasteiger partial charge in [-0.3, -0.25) is 0 Å². The predicted molar refractivity (Wildman–Crippen MR) is 106 cm³/mol. The third kappa shape index (κ3) is 6.55. The van der Waals surface area contributed by atoms with Crippen LogP contribution in [-0.4, -0.2) is 116 Å². The summed E-state index contributed by atoms with van der Waals surface area (Å²) in [5.41, 5.74) is 0. The number of hydrogen-bond acceptors (Lipinski definition) is 11. The van der Waals surface area contributed by atoms with E-state index in [1.165, 1.54) is 0 Å². The second-order valence-corrected chi connectivity index (χ2v) is 8.68. The Bertz CT molecular complexity index is 517. The third-order valence-electron chi connectivity index (χ3n) is 5.63. The van der Waals surface area contributed by atoms with Crippen LogP contribution in [0.15, 0.2) is 0 Å². The predicted octanol–water partition coefficient (Wildman–Crippen LogP) is -2.16. The number of aliphatic hydroxyl groups excluding tert-OH is 7. The highest BCUT2D eigenvalue weighted by atomic mass is 16.7. The van der Waals surface area contributed by atoms with Crippen LogP contribution >= 0.6 is 0 Å². The van der Waals surface area contributed by atoms with Gasteiger partial charge in [-0.05, 0) is 18.8 Å². The molecule has 11 atom stereocenters. The van der Waals surface area contributed by atoms with E-state index in [0.717, 1.165) is 19.3 Å². The highest BCUT2D eigenvalue weighted by Crippen LogP contribution is 2.30. The van der Waals surface area contributed by atoms with Gasteiger partial charge in [-0.1, -0.05) is 27.2 Å². The topological polar surface area (TPSA) is 179 Å². The molecule has 0 aromatic rings. The van der Waals surface area contributed by atoms with Crippen LogP contribution in [0.3, 0.4) is 0 Å². The molecule has 2 aliphatic rings. The van der Waals surface area contributed by atoms with Crippen LogP contribution in [0.1, 0.15) is 40.0 Å². The maximum absolute atomic E-state index is 10.6. The molecule has 2 saturated heterocycles. The molecule has 11 heteroatoms. The summed E-state index contributed by atoms with van der Waals surface area (Å²) >= 11 is 0. The van der Waals surface area contributed by atoms with E-state index in [1.807, 2.05) is 20.8 Å². The normalized spacial score (nSPS) is 42.7. The van der Waals surface area contributed by atoms with Crippen LogP contribution < -0.4 is 0 Å². The zero-order chi connectivity index (χ0) is 23.3. The van der Waals surface area contributed by atoms with Gasteiger partial charge >= 0.3 is 0 Å². The molecule has 2 fully saturated rings. The van der Waals surface area contributed by atoms with Gasteiger partial charge in [-0.2, -0.15) is 0 Å². The first-order chi connectivity index (χ1) is 14.6. The van der Waals surface area contributed by atoms with Crippen molar-refractivity contribution >= 4 is 0 Å². The van der Waals surface area contributed by atoms with Crippen LogP contribution in [0.2, 0.25) is 0 Å². The third-order valence-corrected chi connectivity index (χ3v) is 5.63. The molecule has 0 spiro atoms. The summed E-state index contributed by atoms with van der Waals surface area (Å²) < 4.78 is 22.4. The summed E-state index contributed by atoms with van der Waals surface area (Å²) in [5.74, 6) is 0.345. The smallest absolute Gasteiger partial charge is 0.187 e. The number of aliphatic hydroxyl groups is 7. The fourth-order valence-corrected chi connectivity index (χ4v) is 3.95. The quantitative estimate of drug-likeness (QED) is 0.191. The van der Waals surface area contributed by atoms with Gasteiger partial charge in [0, 0.05) is 0 Å². The summed E-state index contributed by atoms with van der Waals surface area (Å²) in [6, 6.07) is 0. The molecular formula is C20H38O11. The lowest BCUT2D eigenvalue weighted by atomic mass is 9.96. The summed E-state index contributed by atoms with van der Waals surface area (Å²) in [4.78, 5) is 0. The molecule has 0 saturated carbocycles. The number of ether oxygens (including phenoxy) is 4. The summed E-state index contributed by atoms with van der Waals surface area (Å²) in [6.07, 6.45) is -12.3. The van der Waals surface area contributed by atoms with Crippen molar-refractivity contribution in [1.82, 2.24) is 0 Å². The van der Waals surface area contributed by atoms with Crippen LogP contribution in [0.5, 0.6) is 0 Å². The van der Waals surface area contributed by atoms with E-state index in [9.17, 15) is 35.7 Å². The molecule has 7 N–H and O–H groups in total. The molecule has 11 nitrogen and oxygen atoms in total. The van der Waals surface area contributed by atoms with Crippen molar-refractivity contribution in [3.63, 3.8) is 0 Å². The molecule has 2 rings (SSSR count). The number of rotatable bonds is 10. The Kier molecular flexibility index (Phi) is 10.5. The molecule has 0 aliphatic carbocycles. The Morgan fingerprint density at radius 2 is 1.35 bits per heavy atom. The molecule has 7 unspecified atom stereocenters. The van der Waals surface area contributed by atoms with Crippen LogP contribution in [0.4, 0.5) is 0 Å². The summed E-state index contributed by atoms with van der Waals surface area (Å²) in [5, 5.41) is 70.2. The van der Waals surface area contributed by atoms with E-state index >= 15 is 0 Å². The average molecular weight is 455 g/mol. The van der Waals surface area contributed by atoms with Crippen LogP contribution in [0.25, 0.3) is 0 Å². The molecule has 0 bridgehead atoms.